The highest BCUT2D eigenvalue weighted by Crippen LogP contribution is 2.16. The number of amides is 1. The van der Waals surface area contributed by atoms with Crippen LogP contribution in [0.3, 0.4) is 0 Å². The molecule has 0 atom stereocenters. The normalized spacial score (nSPS) is 11.1. The number of carboxylic acids is 1. The molecule has 0 aromatic carbocycles. The van der Waals surface area contributed by atoms with Crippen LogP contribution in [0.2, 0.25) is 0 Å². The number of oxime groups is 1. The van der Waals surface area contributed by atoms with Crippen molar-refractivity contribution in [3.05, 3.63) is 11.1 Å². The maximum absolute atomic E-state index is 11.0. The number of aliphatic carboxylic acids is 1. The van der Waals surface area contributed by atoms with E-state index in [4.69, 9.17) is 16.7 Å². The van der Waals surface area contributed by atoms with E-state index in [1.165, 1.54) is 5.38 Å². The average Bonchev–Trinajstić information content (AvgIpc) is 2.77. The van der Waals surface area contributed by atoms with Crippen molar-refractivity contribution in [1.29, 1.82) is 0 Å². The highest BCUT2D eigenvalue weighted by molar-refractivity contribution is 7.14. The van der Waals surface area contributed by atoms with Crippen LogP contribution >= 0.6 is 22.9 Å². The van der Waals surface area contributed by atoms with E-state index < -0.39 is 11.9 Å². The van der Waals surface area contributed by atoms with E-state index in [0.29, 0.717) is 0 Å². The molecule has 1 aromatic heterocycles. The van der Waals surface area contributed by atoms with Gasteiger partial charge in [0.05, 0.1) is 0 Å². The van der Waals surface area contributed by atoms with Crippen LogP contribution in [0, 0.1) is 0 Å². The Morgan fingerprint density at radius 2 is 2.39 bits per heavy atom. The van der Waals surface area contributed by atoms with Gasteiger partial charge in [0.25, 0.3) is 0 Å². The molecular weight excluding hydrogens is 282 g/mol. The van der Waals surface area contributed by atoms with Gasteiger partial charge in [-0.05, 0) is 6.92 Å². The van der Waals surface area contributed by atoms with Crippen molar-refractivity contribution >= 4 is 45.7 Å². The molecule has 0 aliphatic heterocycles. The van der Waals surface area contributed by atoms with Gasteiger partial charge in [0.1, 0.15) is 18.2 Å². The lowest BCUT2D eigenvalue weighted by molar-refractivity contribution is -0.129. The van der Waals surface area contributed by atoms with Gasteiger partial charge in [-0.3, -0.25) is 4.79 Å². The zero-order valence-corrected chi connectivity index (χ0v) is 10.9. The van der Waals surface area contributed by atoms with Gasteiger partial charge in [0.15, 0.2) is 5.13 Å². The molecule has 1 heterocycles. The minimum absolute atomic E-state index is 0.117. The van der Waals surface area contributed by atoms with E-state index >= 15 is 0 Å². The Morgan fingerprint density at radius 1 is 1.67 bits per heavy atom. The largest absolute Gasteiger partial charge is 0.476 e. The second-order valence-corrected chi connectivity index (χ2v) is 4.01. The Balaban J connectivity index is 2.88. The quantitative estimate of drug-likeness (QED) is 0.465. The molecule has 2 N–H and O–H groups in total. The summed E-state index contributed by atoms with van der Waals surface area (Å²) in [5, 5.41) is 16.5. The number of halogens is 1. The van der Waals surface area contributed by atoms with Crippen LogP contribution in [-0.4, -0.2) is 40.2 Å². The number of aromatic nitrogens is 1. The fourth-order valence-corrected chi connectivity index (χ4v) is 1.70. The average molecular weight is 292 g/mol. The monoisotopic (exact) mass is 291 g/mol. The summed E-state index contributed by atoms with van der Waals surface area (Å²) in [6, 6.07) is 0. The first-order valence-electron chi connectivity index (χ1n) is 4.83. The van der Waals surface area contributed by atoms with Crippen molar-refractivity contribution in [3.8, 4) is 0 Å². The van der Waals surface area contributed by atoms with Crippen LogP contribution in [0.25, 0.3) is 0 Å². The first-order chi connectivity index (χ1) is 8.58. The Morgan fingerprint density at radius 3 is 2.94 bits per heavy atom. The number of hydrogen-bond acceptors (Lipinski definition) is 6. The molecule has 1 rings (SSSR count). The molecule has 18 heavy (non-hydrogen) atoms. The van der Waals surface area contributed by atoms with Gasteiger partial charge in [0, 0.05) is 5.38 Å². The summed E-state index contributed by atoms with van der Waals surface area (Å²) in [6.07, 6.45) is 0. The van der Waals surface area contributed by atoms with Crippen molar-refractivity contribution < 1.29 is 19.5 Å². The predicted molar refractivity (Wildman–Crippen MR) is 67.3 cm³/mol. The van der Waals surface area contributed by atoms with Gasteiger partial charge in [-0.15, -0.1) is 22.9 Å². The van der Waals surface area contributed by atoms with Gasteiger partial charge in [-0.2, -0.15) is 0 Å². The van der Waals surface area contributed by atoms with E-state index in [-0.39, 0.29) is 29.0 Å². The fraction of sp³-hybridized carbons (Fsp3) is 0.333. The maximum Gasteiger partial charge on any atom is 0.360 e. The summed E-state index contributed by atoms with van der Waals surface area (Å²) < 4.78 is 0. The van der Waals surface area contributed by atoms with Crippen LogP contribution in [0.15, 0.2) is 10.5 Å². The highest BCUT2D eigenvalue weighted by atomic mass is 35.5. The SMILES string of the molecule is CCO/N=C(\C(=O)O)c1csc(NC(=O)CCl)n1. The Kier molecular flexibility index (Phi) is 5.53. The van der Waals surface area contributed by atoms with Gasteiger partial charge in [-0.25, -0.2) is 9.78 Å². The molecule has 98 valence electrons. The lowest BCUT2D eigenvalue weighted by Crippen LogP contribution is -2.16. The molecule has 1 aromatic rings. The third-order valence-electron chi connectivity index (χ3n) is 1.60. The molecule has 0 saturated heterocycles. The number of anilines is 1. The molecule has 9 heteroatoms. The molecule has 0 fully saturated rings. The molecule has 0 unspecified atom stereocenters. The summed E-state index contributed by atoms with van der Waals surface area (Å²) in [7, 11) is 0. The number of hydrogen-bond donors (Lipinski definition) is 2. The first-order valence-corrected chi connectivity index (χ1v) is 6.24. The Hall–Kier alpha value is -1.67. The molecule has 0 aliphatic rings. The molecule has 7 nitrogen and oxygen atoms in total. The molecule has 0 bridgehead atoms. The van der Waals surface area contributed by atoms with Crippen LogP contribution in [0.1, 0.15) is 12.6 Å². The predicted octanol–water partition coefficient (Wildman–Crippen LogP) is 1.15. The third-order valence-corrected chi connectivity index (χ3v) is 2.60. The maximum atomic E-state index is 11.0. The first kappa shape index (κ1) is 14.4. The summed E-state index contributed by atoms with van der Waals surface area (Å²) in [4.78, 5) is 30.6. The van der Waals surface area contributed by atoms with Crippen molar-refractivity contribution in [3.63, 3.8) is 0 Å². The van der Waals surface area contributed by atoms with Gasteiger partial charge in [0.2, 0.25) is 11.6 Å². The molecule has 1 amide bonds. The molecule has 0 spiro atoms. The van der Waals surface area contributed by atoms with Crippen LogP contribution < -0.4 is 5.32 Å². The second kappa shape index (κ2) is 6.92. The van der Waals surface area contributed by atoms with E-state index in [1.807, 2.05) is 0 Å². The Bertz CT molecular complexity index is 474. The number of carbonyl (C=O) groups excluding carboxylic acids is 1. The number of thiazole rings is 1. The smallest absolute Gasteiger partial charge is 0.360 e. The van der Waals surface area contributed by atoms with Crippen molar-refractivity contribution in [1.82, 2.24) is 4.98 Å². The van der Waals surface area contributed by atoms with Crippen LogP contribution in [0.5, 0.6) is 0 Å². The Labute approximate surface area is 111 Å². The standard InChI is InChI=1S/C9H10ClN3O4S/c1-2-17-13-7(8(15)16)5-4-18-9(11-5)12-6(14)3-10/h4H,2-3H2,1H3,(H,15,16)(H,11,12,14)/b13-7-. The van der Waals surface area contributed by atoms with Gasteiger partial charge in [-0.1, -0.05) is 5.16 Å². The third kappa shape index (κ3) is 3.97. The van der Waals surface area contributed by atoms with Crippen molar-refractivity contribution in [2.24, 2.45) is 5.16 Å². The van der Waals surface area contributed by atoms with E-state index in [0.717, 1.165) is 11.3 Å². The molecule has 0 aliphatic carbocycles. The van der Waals surface area contributed by atoms with Crippen LogP contribution in [-0.2, 0) is 14.4 Å². The molecular formula is C9H10ClN3O4S. The van der Waals surface area contributed by atoms with E-state index in [1.54, 1.807) is 6.92 Å². The molecule has 0 radical (unpaired) electrons. The number of rotatable bonds is 6. The van der Waals surface area contributed by atoms with Crippen molar-refractivity contribution in [2.75, 3.05) is 17.8 Å². The minimum atomic E-state index is -1.26. The lowest BCUT2D eigenvalue weighted by Gasteiger charge is -1.98. The summed E-state index contributed by atoms with van der Waals surface area (Å²) in [5.41, 5.74) is -0.203. The number of carboxylic acid groups (broad SMARTS) is 1. The number of carbonyl (C=O) groups is 2. The van der Waals surface area contributed by atoms with Gasteiger partial charge < -0.3 is 15.3 Å². The zero-order valence-electron chi connectivity index (χ0n) is 9.34. The fourth-order valence-electron chi connectivity index (χ4n) is 0.917. The second-order valence-electron chi connectivity index (χ2n) is 2.88. The number of nitrogens with zero attached hydrogens (tertiary/aromatic N) is 2. The number of alkyl halides is 1. The van der Waals surface area contributed by atoms with Crippen molar-refractivity contribution in [2.45, 2.75) is 6.92 Å². The van der Waals surface area contributed by atoms with Gasteiger partial charge >= 0.3 is 5.97 Å². The van der Waals surface area contributed by atoms with E-state index in [9.17, 15) is 9.59 Å². The molecule has 0 saturated carbocycles. The summed E-state index contributed by atoms with van der Waals surface area (Å²) in [6.45, 7) is 1.92. The lowest BCUT2D eigenvalue weighted by atomic mass is 10.3. The van der Waals surface area contributed by atoms with E-state index in [2.05, 4.69) is 20.3 Å². The summed E-state index contributed by atoms with van der Waals surface area (Å²) in [5.74, 6) is -1.88. The number of nitrogens with one attached hydrogen (secondary N) is 1. The minimum Gasteiger partial charge on any atom is -0.476 e. The van der Waals surface area contributed by atoms with Crippen LogP contribution in [0.4, 0.5) is 5.13 Å². The highest BCUT2D eigenvalue weighted by Gasteiger charge is 2.18. The summed E-state index contributed by atoms with van der Waals surface area (Å²) >= 11 is 6.39. The topological polar surface area (TPSA) is 101 Å². The zero-order chi connectivity index (χ0) is 13.5.